The van der Waals surface area contributed by atoms with Crippen LogP contribution in [0.3, 0.4) is 0 Å². The summed E-state index contributed by atoms with van der Waals surface area (Å²) in [6.07, 6.45) is 0. The lowest BCUT2D eigenvalue weighted by Gasteiger charge is -2.32. The molecule has 138 valence electrons. The fraction of sp³-hybridized carbons (Fsp3) is 0. The molecule has 0 atom stereocenters. The lowest BCUT2D eigenvalue weighted by Crippen LogP contribution is -2.71. The topological polar surface area (TPSA) is 0 Å². The average molecular weight is 427 g/mol. The molecule has 0 heterocycles. The Labute approximate surface area is 175 Å². The van der Waals surface area contributed by atoms with E-state index in [0.29, 0.717) is 0 Å². The van der Waals surface area contributed by atoms with Crippen LogP contribution < -0.4 is 20.7 Å². The summed E-state index contributed by atoms with van der Waals surface area (Å²) in [7, 11) is -0.984. The van der Waals surface area contributed by atoms with E-state index in [4.69, 9.17) is 0 Å². The second-order valence-electron chi connectivity index (χ2n) is 7.63. The van der Waals surface area contributed by atoms with Gasteiger partial charge in [-0.2, -0.15) is 0 Å². The first-order chi connectivity index (χ1) is 13.8. The molecule has 0 amide bonds. The summed E-state index contributed by atoms with van der Waals surface area (Å²) in [5, 5.41) is 6.70. The van der Waals surface area contributed by atoms with Crippen molar-refractivity contribution >= 4 is 54.5 Å². The van der Waals surface area contributed by atoms with E-state index in [-0.39, 0.29) is 27.1 Å². The molecule has 0 nitrogen and oxygen atoms in total. The van der Waals surface area contributed by atoms with Crippen molar-refractivity contribution in [2.24, 2.45) is 0 Å². The van der Waals surface area contributed by atoms with Crippen molar-refractivity contribution in [2.75, 3.05) is 0 Å². The van der Waals surface area contributed by atoms with Crippen LogP contribution in [0.1, 0.15) is 0 Å². The van der Waals surface area contributed by atoms with E-state index >= 15 is 0 Å². The Kier molecular flexibility index (Phi) is 6.33. The molecule has 0 aromatic heterocycles. The second kappa shape index (κ2) is 9.30. The highest BCUT2D eigenvalue weighted by Crippen LogP contribution is 2.03. The zero-order valence-electron chi connectivity index (χ0n) is 16.2. The van der Waals surface area contributed by atoms with Gasteiger partial charge in [-0.05, 0) is 0 Å². The van der Waals surface area contributed by atoms with Crippen LogP contribution in [0.25, 0.3) is 0 Å². The van der Waals surface area contributed by atoms with Gasteiger partial charge < -0.3 is 0 Å². The molecule has 0 aliphatic rings. The molecule has 28 heavy (non-hydrogen) atoms. The van der Waals surface area contributed by atoms with Crippen LogP contribution in [0.15, 0.2) is 121 Å². The molecule has 0 radical (unpaired) electrons. The third kappa shape index (κ3) is 4.77. The first-order valence-corrected chi connectivity index (χ1v) is 21.1. The molecule has 0 fully saturated rings. The molecular weight excluding hydrogens is 401 g/mol. The Bertz CT molecular complexity index is 873. The van der Waals surface area contributed by atoms with Gasteiger partial charge in [0, 0.05) is 27.1 Å². The summed E-state index contributed by atoms with van der Waals surface area (Å²) in [4.78, 5) is 0. The van der Waals surface area contributed by atoms with Gasteiger partial charge >= 0.3 is 0 Å². The van der Waals surface area contributed by atoms with Crippen LogP contribution in [0.4, 0.5) is 0 Å². The number of rotatable bonds is 7. The van der Waals surface area contributed by atoms with Gasteiger partial charge in [0.05, 0.1) is 6.63 Å². The van der Waals surface area contributed by atoms with Crippen molar-refractivity contribution in [3.8, 4) is 0 Å². The lowest BCUT2D eigenvalue weighted by atomic mass is 10.4. The van der Waals surface area contributed by atoms with Crippen LogP contribution in [-0.2, 0) is 0 Å². The van der Waals surface area contributed by atoms with Gasteiger partial charge in [-0.3, -0.25) is 0 Å². The molecule has 4 aromatic carbocycles. The molecule has 4 aromatic rings. The maximum atomic E-state index is 2.47. The molecule has 0 unspecified atom stereocenters. The highest BCUT2D eigenvalue weighted by atomic mass is 29.9. The Hall–Kier alpha value is -2.25. The van der Waals surface area contributed by atoms with Crippen LogP contribution in [-0.4, -0.2) is 33.7 Å². The SMILES string of the molecule is c1ccc([SiH2][Si]([SiH2]c2ccccc2)([SiH2]c2ccccc2)c2ccccc2)cc1. The molecule has 0 aliphatic carbocycles. The highest BCUT2D eigenvalue weighted by molar-refractivity contribution is 7.78. The summed E-state index contributed by atoms with van der Waals surface area (Å²) in [5.41, 5.74) is 0. The van der Waals surface area contributed by atoms with E-state index in [1.54, 1.807) is 20.7 Å². The Balaban J connectivity index is 1.82. The lowest BCUT2D eigenvalue weighted by molar-refractivity contribution is 1.75. The van der Waals surface area contributed by atoms with E-state index in [1.807, 2.05) is 0 Å². The second-order valence-corrected chi connectivity index (χ2v) is 38.6. The average Bonchev–Trinajstić information content (AvgIpc) is 2.76. The number of hydrogen-bond donors (Lipinski definition) is 0. The van der Waals surface area contributed by atoms with Gasteiger partial charge in [0.1, 0.15) is 0 Å². The highest BCUT2D eigenvalue weighted by Gasteiger charge is 2.36. The van der Waals surface area contributed by atoms with Crippen molar-refractivity contribution in [2.45, 2.75) is 0 Å². The summed E-state index contributed by atoms with van der Waals surface area (Å²) in [6, 6.07) is 46.0. The van der Waals surface area contributed by atoms with Gasteiger partial charge in [-0.25, -0.2) is 0 Å². The Morgan fingerprint density at radius 2 is 0.643 bits per heavy atom. The molecule has 4 rings (SSSR count). The van der Waals surface area contributed by atoms with Crippen LogP contribution >= 0.6 is 0 Å². The summed E-state index contributed by atoms with van der Waals surface area (Å²) in [5.74, 6) is 0. The Morgan fingerprint density at radius 3 is 0.964 bits per heavy atom. The van der Waals surface area contributed by atoms with Crippen molar-refractivity contribution in [3.05, 3.63) is 121 Å². The first-order valence-electron chi connectivity index (χ1n) is 10.0. The monoisotopic (exact) mass is 426 g/mol. The predicted octanol–water partition coefficient (Wildman–Crippen LogP) is 0.315. The normalized spacial score (nSPS) is 14.3. The summed E-state index contributed by atoms with van der Waals surface area (Å²) >= 11 is 0. The molecule has 4 heteroatoms. The van der Waals surface area contributed by atoms with E-state index in [9.17, 15) is 0 Å². The summed E-state index contributed by atoms with van der Waals surface area (Å²) < 4.78 is 0. The number of benzene rings is 4. The number of hydrogen-bond acceptors (Lipinski definition) is 0. The maximum Gasteiger partial charge on any atom is 0.0646 e. The van der Waals surface area contributed by atoms with Gasteiger partial charge in [-0.1, -0.05) is 142 Å². The largest absolute Gasteiger partial charge is 0.0696 e. The van der Waals surface area contributed by atoms with Crippen molar-refractivity contribution in [3.63, 3.8) is 0 Å². The van der Waals surface area contributed by atoms with E-state index in [1.165, 1.54) is 0 Å². The van der Waals surface area contributed by atoms with E-state index < -0.39 is 6.63 Å². The van der Waals surface area contributed by atoms with Crippen LogP contribution in [0, 0.1) is 0 Å². The molecule has 0 saturated heterocycles. The third-order valence-electron chi connectivity index (χ3n) is 5.54. The minimum Gasteiger partial charge on any atom is -0.0696 e. The molecular formula is C24H26Si4. The Morgan fingerprint density at radius 1 is 0.357 bits per heavy atom. The maximum absolute atomic E-state index is 2.47. The minimum atomic E-state index is -1.48. The quantitative estimate of drug-likeness (QED) is 0.373. The summed E-state index contributed by atoms with van der Waals surface area (Å²) in [6.45, 7) is -1.48. The van der Waals surface area contributed by atoms with Crippen molar-refractivity contribution in [1.29, 1.82) is 0 Å². The van der Waals surface area contributed by atoms with E-state index in [2.05, 4.69) is 121 Å². The predicted molar refractivity (Wildman–Crippen MR) is 136 cm³/mol. The van der Waals surface area contributed by atoms with Crippen molar-refractivity contribution < 1.29 is 0 Å². The van der Waals surface area contributed by atoms with Gasteiger partial charge in [-0.15, -0.1) is 0 Å². The fourth-order valence-corrected chi connectivity index (χ4v) is 43.2. The van der Waals surface area contributed by atoms with Crippen molar-refractivity contribution in [1.82, 2.24) is 0 Å². The molecule has 0 bridgehead atoms. The van der Waals surface area contributed by atoms with Crippen LogP contribution in [0.2, 0.25) is 0 Å². The fourth-order valence-electron chi connectivity index (χ4n) is 4.25. The molecule has 0 saturated carbocycles. The van der Waals surface area contributed by atoms with Gasteiger partial charge in [0.2, 0.25) is 0 Å². The van der Waals surface area contributed by atoms with E-state index in [0.717, 1.165) is 0 Å². The van der Waals surface area contributed by atoms with Gasteiger partial charge in [0.15, 0.2) is 0 Å². The molecule has 0 N–H and O–H groups in total. The molecule has 0 aliphatic heterocycles. The minimum absolute atomic E-state index is 0.328. The zero-order chi connectivity index (χ0) is 19.1. The smallest absolute Gasteiger partial charge is 0.0646 e. The third-order valence-corrected chi connectivity index (χ3v) is 38.7. The molecule has 0 spiro atoms. The first kappa shape index (κ1) is 19.1. The van der Waals surface area contributed by atoms with Crippen LogP contribution in [0.5, 0.6) is 0 Å². The zero-order valence-corrected chi connectivity index (χ0v) is 21.4. The van der Waals surface area contributed by atoms with Gasteiger partial charge in [0.25, 0.3) is 0 Å². The standard InChI is InChI=1S/C24H26Si4/c1-5-13-21(14-6-1)25-28(24-19-11-4-12-20-24,26-22-15-7-2-8-16-22)27-23-17-9-3-10-18-23/h1-20H,25-27H2.